The van der Waals surface area contributed by atoms with Crippen molar-refractivity contribution in [1.29, 1.82) is 0 Å². The van der Waals surface area contributed by atoms with Gasteiger partial charge in [-0.25, -0.2) is 4.79 Å². The van der Waals surface area contributed by atoms with Crippen molar-refractivity contribution in [2.75, 3.05) is 10.6 Å². The van der Waals surface area contributed by atoms with Gasteiger partial charge in [-0.2, -0.15) is 18.3 Å². The molecule has 1 aromatic heterocycles. The Kier molecular flexibility index (Phi) is 4.46. The summed E-state index contributed by atoms with van der Waals surface area (Å²) in [6.07, 6.45) is -2.15. The molecule has 112 valence electrons. The van der Waals surface area contributed by atoms with Crippen molar-refractivity contribution in [1.82, 2.24) is 10.2 Å². The number of aryl methyl sites for hydroxylation is 1. The van der Waals surface area contributed by atoms with Gasteiger partial charge in [0, 0.05) is 18.3 Å². The standard InChI is InChI=1S/C13H13F3N4O/c14-13(15,16)6-5-9-1-3-10(4-2-9)19-12(21)20-11-7-17-18-8-11/h1-4,7-8H,5-6H2,(H,17,18)(H2,19,20,21). The zero-order chi connectivity index (χ0) is 15.3. The number of halogens is 3. The van der Waals surface area contributed by atoms with E-state index in [2.05, 4.69) is 20.8 Å². The quantitative estimate of drug-likeness (QED) is 0.808. The van der Waals surface area contributed by atoms with Crippen LogP contribution >= 0.6 is 0 Å². The molecular formula is C13H13F3N4O. The normalized spacial score (nSPS) is 11.2. The second-order valence-corrected chi connectivity index (χ2v) is 4.38. The monoisotopic (exact) mass is 298 g/mol. The molecule has 0 aliphatic rings. The fourth-order valence-corrected chi connectivity index (χ4v) is 1.65. The van der Waals surface area contributed by atoms with Gasteiger partial charge in [-0.15, -0.1) is 0 Å². The van der Waals surface area contributed by atoms with Crippen LogP contribution < -0.4 is 10.6 Å². The Bertz CT molecular complexity index is 578. The lowest BCUT2D eigenvalue weighted by atomic mass is 10.1. The predicted molar refractivity (Wildman–Crippen MR) is 72.0 cm³/mol. The summed E-state index contributed by atoms with van der Waals surface area (Å²) >= 11 is 0. The van der Waals surface area contributed by atoms with Crippen LogP contribution in [0, 0.1) is 0 Å². The highest BCUT2D eigenvalue weighted by molar-refractivity contribution is 5.99. The molecule has 0 unspecified atom stereocenters. The number of carbonyl (C=O) groups excluding carboxylic acids is 1. The van der Waals surface area contributed by atoms with Gasteiger partial charge in [-0.1, -0.05) is 12.1 Å². The van der Waals surface area contributed by atoms with Gasteiger partial charge in [0.15, 0.2) is 0 Å². The first-order chi connectivity index (χ1) is 9.92. The zero-order valence-corrected chi connectivity index (χ0v) is 10.9. The first-order valence-corrected chi connectivity index (χ1v) is 6.15. The number of rotatable bonds is 4. The van der Waals surface area contributed by atoms with Gasteiger partial charge in [-0.3, -0.25) is 5.10 Å². The van der Waals surface area contributed by atoms with E-state index in [1.807, 2.05) is 0 Å². The Morgan fingerprint density at radius 2 is 1.81 bits per heavy atom. The van der Waals surface area contributed by atoms with Crippen molar-refractivity contribution in [3.63, 3.8) is 0 Å². The van der Waals surface area contributed by atoms with E-state index in [0.717, 1.165) is 0 Å². The van der Waals surface area contributed by atoms with E-state index in [0.29, 0.717) is 16.9 Å². The van der Waals surface area contributed by atoms with Crippen LogP contribution in [0.3, 0.4) is 0 Å². The Morgan fingerprint density at radius 3 is 2.38 bits per heavy atom. The molecule has 3 N–H and O–H groups in total. The summed E-state index contributed by atoms with van der Waals surface area (Å²) < 4.78 is 36.3. The van der Waals surface area contributed by atoms with Crippen LogP contribution in [0.5, 0.6) is 0 Å². The highest BCUT2D eigenvalue weighted by atomic mass is 19.4. The minimum atomic E-state index is -4.17. The van der Waals surface area contributed by atoms with Gasteiger partial charge < -0.3 is 10.6 Å². The number of hydrogen-bond acceptors (Lipinski definition) is 2. The molecule has 0 aliphatic carbocycles. The third-order valence-corrected chi connectivity index (χ3v) is 2.67. The summed E-state index contributed by atoms with van der Waals surface area (Å²) in [7, 11) is 0. The third kappa shape index (κ3) is 5.17. The fourth-order valence-electron chi connectivity index (χ4n) is 1.65. The second kappa shape index (κ2) is 6.29. The lowest BCUT2D eigenvalue weighted by Gasteiger charge is -2.08. The topological polar surface area (TPSA) is 69.8 Å². The summed E-state index contributed by atoms with van der Waals surface area (Å²) in [5.41, 5.74) is 1.56. The lowest BCUT2D eigenvalue weighted by Crippen LogP contribution is -2.19. The number of nitrogens with zero attached hydrogens (tertiary/aromatic N) is 1. The first kappa shape index (κ1) is 14.9. The predicted octanol–water partition coefficient (Wildman–Crippen LogP) is 3.55. The molecule has 0 spiro atoms. The number of hydrogen-bond donors (Lipinski definition) is 3. The maximum Gasteiger partial charge on any atom is 0.389 e. The molecule has 2 amide bonds. The molecule has 0 bridgehead atoms. The molecule has 1 aromatic carbocycles. The Balaban J connectivity index is 1.86. The molecule has 2 aromatic rings. The fraction of sp³-hybridized carbons (Fsp3) is 0.231. The Morgan fingerprint density at radius 1 is 1.14 bits per heavy atom. The van der Waals surface area contributed by atoms with E-state index in [9.17, 15) is 18.0 Å². The molecule has 5 nitrogen and oxygen atoms in total. The Hall–Kier alpha value is -2.51. The summed E-state index contributed by atoms with van der Waals surface area (Å²) in [5.74, 6) is 0. The van der Waals surface area contributed by atoms with Crippen molar-refractivity contribution in [3.8, 4) is 0 Å². The molecule has 8 heteroatoms. The molecule has 21 heavy (non-hydrogen) atoms. The smallest absolute Gasteiger partial charge is 0.308 e. The maximum atomic E-state index is 12.1. The lowest BCUT2D eigenvalue weighted by molar-refractivity contribution is -0.133. The van der Waals surface area contributed by atoms with Crippen LogP contribution in [-0.2, 0) is 6.42 Å². The first-order valence-electron chi connectivity index (χ1n) is 6.15. The van der Waals surface area contributed by atoms with Crippen molar-refractivity contribution >= 4 is 17.4 Å². The van der Waals surface area contributed by atoms with Crippen LogP contribution in [0.2, 0.25) is 0 Å². The number of carbonyl (C=O) groups is 1. The van der Waals surface area contributed by atoms with Crippen LogP contribution in [0.15, 0.2) is 36.7 Å². The van der Waals surface area contributed by atoms with E-state index >= 15 is 0 Å². The minimum Gasteiger partial charge on any atom is -0.308 e. The number of urea groups is 1. The number of H-pyrrole nitrogens is 1. The number of benzene rings is 1. The minimum absolute atomic E-state index is 0.0784. The van der Waals surface area contributed by atoms with Crippen molar-refractivity contribution in [2.45, 2.75) is 19.0 Å². The van der Waals surface area contributed by atoms with E-state index in [4.69, 9.17) is 0 Å². The van der Waals surface area contributed by atoms with Crippen LogP contribution in [0.4, 0.5) is 29.3 Å². The van der Waals surface area contributed by atoms with Crippen LogP contribution in [0.25, 0.3) is 0 Å². The summed E-state index contributed by atoms with van der Waals surface area (Å²) in [5, 5.41) is 11.3. The SMILES string of the molecule is O=C(Nc1ccc(CCC(F)(F)F)cc1)Nc1cn[nH]c1. The van der Waals surface area contributed by atoms with E-state index in [1.165, 1.54) is 12.4 Å². The van der Waals surface area contributed by atoms with Crippen LogP contribution in [0.1, 0.15) is 12.0 Å². The third-order valence-electron chi connectivity index (χ3n) is 2.67. The van der Waals surface area contributed by atoms with E-state index in [-0.39, 0.29) is 6.42 Å². The molecule has 0 fully saturated rings. The van der Waals surface area contributed by atoms with E-state index < -0.39 is 18.6 Å². The van der Waals surface area contributed by atoms with Crippen molar-refractivity contribution in [2.24, 2.45) is 0 Å². The molecule has 2 rings (SSSR count). The van der Waals surface area contributed by atoms with Gasteiger partial charge in [0.25, 0.3) is 0 Å². The molecule has 1 heterocycles. The number of anilines is 2. The molecular weight excluding hydrogens is 285 g/mol. The average Bonchev–Trinajstić information content (AvgIpc) is 2.89. The maximum absolute atomic E-state index is 12.1. The largest absolute Gasteiger partial charge is 0.389 e. The summed E-state index contributed by atoms with van der Waals surface area (Å²) in [4.78, 5) is 11.6. The molecule has 0 radical (unpaired) electrons. The second-order valence-electron chi connectivity index (χ2n) is 4.38. The van der Waals surface area contributed by atoms with Crippen molar-refractivity contribution in [3.05, 3.63) is 42.2 Å². The van der Waals surface area contributed by atoms with Gasteiger partial charge in [-0.05, 0) is 24.1 Å². The van der Waals surface area contributed by atoms with Crippen molar-refractivity contribution < 1.29 is 18.0 Å². The van der Waals surface area contributed by atoms with E-state index in [1.54, 1.807) is 24.3 Å². The number of aromatic amines is 1. The van der Waals surface area contributed by atoms with Crippen LogP contribution in [-0.4, -0.2) is 22.4 Å². The molecule has 0 aliphatic heterocycles. The molecule has 0 atom stereocenters. The average molecular weight is 298 g/mol. The number of aromatic nitrogens is 2. The van der Waals surface area contributed by atoms with Gasteiger partial charge in [0.2, 0.25) is 0 Å². The summed E-state index contributed by atoms with van der Waals surface area (Å²) in [6, 6.07) is 5.76. The van der Waals surface area contributed by atoms with Gasteiger partial charge in [0.05, 0.1) is 11.9 Å². The summed E-state index contributed by atoms with van der Waals surface area (Å²) in [6.45, 7) is 0. The number of nitrogens with one attached hydrogen (secondary N) is 3. The molecule has 0 saturated heterocycles. The number of amides is 2. The van der Waals surface area contributed by atoms with Gasteiger partial charge >= 0.3 is 12.2 Å². The Labute approximate surface area is 118 Å². The van der Waals surface area contributed by atoms with Gasteiger partial charge in [0.1, 0.15) is 0 Å². The highest BCUT2D eigenvalue weighted by Gasteiger charge is 2.26. The molecule has 0 saturated carbocycles. The zero-order valence-electron chi connectivity index (χ0n) is 10.9. The highest BCUT2D eigenvalue weighted by Crippen LogP contribution is 2.22. The number of alkyl halides is 3.